The Morgan fingerprint density at radius 1 is 1.38 bits per heavy atom. The van der Waals surface area contributed by atoms with Gasteiger partial charge in [-0.2, -0.15) is 0 Å². The summed E-state index contributed by atoms with van der Waals surface area (Å²) in [6.07, 6.45) is 4.63. The van der Waals surface area contributed by atoms with Gasteiger partial charge in [0, 0.05) is 12.0 Å². The number of amides is 1. The Kier molecular flexibility index (Phi) is 3.50. The number of carbonyl (C=O) groups excluding carboxylic acids is 1. The molecule has 7 heteroatoms. The summed E-state index contributed by atoms with van der Waals surface area (Å²) in [5, 5.41) is 12.0. The van der Waals surface area contributed by atoms with Crippen molar-refractivity contribution in [3.8, 4) is 0 Å². The molecule has 3 heterocycles. The van der Waals surface area contributed by atoms with E-state index in [-0.39, 0.29) is 29.0 Å². The van der Waals surface area contributed by atoms with E-state index in [1.54, 1.807) is 4.68 Å². The van der Waals surface area contributed by atoms with Gasteiger partial charge in [-0.1, -0.05) is 20.8 Å². The number of rotatable bonds is 3. The first-order valence-corrected chi connectivity index (χ1v) is 9.06. The molecule has 24 heavy (non-hydrogen) atoms. The van der Waals surface area contributed by atoms with Crippen LogP contribution in [0, 0.1) is 5.92 Å². The van der Waals surface area contributed by atoms with Crippen LogP contribution in [0.3, 0.4) is 0 Å². The Morgan fingerprint density at radius 2 is 2.12 bits per heavy atom. The van der Waals surface area contributed by atoms with Gasteiger partial charge in [0.2, 0.25) is 5.91 Å². The largest absolute Gasteiger partial charge is 0.371 e. The zero-order chi connectivity index (χ0) is 17.1. The Balaban J connectivity index is 1.55. The fraction of sp³-hybridized carbons (Fsp3) is 0.882. The number of ether oxygens (including phenoxy) is 1. The quantitative estimate of drug-likeness (QED) is 0.842. The van der Waals surface area contributed by atoms with E-state index in [0.717, 1.165) is 31.8 Å². The molecule has 3 atom stereocenters. The molecule has 1 saturated carbocycles. The standard InChI is InChI=1S/C17H27N5O2/c1-11(22-15(16(2,3)4)18-19-20-22)14(23)21-10-17(8-5-9-24-17)13(21)12-6-7-12/h11-13H,5-10H2,1-4H3. The Hall–Kier alpha value is -1.50. The van der Waals surface area contributed by atoms with Gasteiger partial charge in [-0.25, -0.2) is 4.68 Å². The minimum Gasteiger partial charge on any atom is -0.371 e. The van der Waals surface area contributed by atoms with Gasteiger partial charge in [-0.15, -0.1) is 5.10 Å². The maximum Gasteiger partial charge on any atom is 0.247 e. The molecule has 1 aliphatic carbocycles. The van der Waals surface area contributed by atoms with E-state index in [9.17, 15) is 4.79 Å². The summed E-state index contributed by atoms with van der Waals surface area (Å²) in [5.41, 5.74) is -0.261. The van der Waals surface area contributed by atoms with Crippen molar-refractivity contribution >= 4 is 5.91 Å². The van der Waals surface area contributed by atoms with Crippen LogP contribution in [0.1, 0.15) is 65.2 Å². The van der Waals surface area contributed by atoms with Gasteiger partial charge >= 0.3 is 0 Å². The molecular weight excluding hydrogens is 306 g/mol. The summed E-state index contributed by atoms with van der Waals surface area (Å²) in [6, 6.07) is -0.126. The van der Waals surface area contributed by atoms with Crippen molar-refractivity contribution in [2.24, 2.45) is 5.92 Å². The molecule has 2 saturated heterocycles. The maximum atomic E-state index is 13.1. The van der Waals surface area contributed by atoms with E-state index >= 15 is 0 Å². The molecule has 0 bridgehead atoms. The number of tetrazole rings is 1. The van der Waals surface area contributed by atoms with E-state index in [4.69, 9.17) is 4.74 Å². The van der Waals surface area contributed by atoms with E-state index in [1.165, 1.54) is 12.8 Å². The minimum absolute atomic E-state index is 0.0655. The zero-order valence-electron chi connectivity index (χ0n) is 15.0. The van der Waals surface area contributed by atoms with E-state index in [1.807, 2.05) is 11.8 Å². The molecule has 3 aliphatic rings. The lowest BCUT2D eigenvalue weighted by molar-refractivity contribution is -0.187. The predicted molar refractivity (Wildman–Crippen MR) is 87.4 cm³/mol. The fourth-order valence-electron chi connectivity index (χ4n) is 4.33. The lowest BCUT2D eigenvalue weighted by Crippen LogP contribution is -2.72. The predicted octanol–water partition coefficient (Wildman–Crippen LogP) is 1.70. The third-order valence-electron chi connectivity index (χ3n) is 5.69. The van der Waals surface area contributed by atoms with Gasteiger partial charge in [0.25, 0.3) is 0 Å². The van der Waals surface area contributed by atoms with E-state index < -0.39 is 0 Å². The molecule has 1 amide bonds. The lowest BCUT2D eigenvalue weighted by Gasteiger charge is -2.56. The number of hydrogen-bond donors (Lipinski definition) is 0. The van der Waals surface area contributed by atoms with Crippen molar-refractivity contribution < 1.29 is 9.53 Å². The highest BCUT2D eigenvalue weighted by molar-refractivity contribution is 5.82. The van der Waals surface area contributed by atoms with Crippen molar-refractivity contribution in [1.82, 2.24) is 25.1 Å². The third kappa shape index (κ3) is 2.36. The van der Waals surface area contributed by atoms with Gasteiger partial charge in [0.15, 0.2) is 5.82 Å². The van der Waals surface area contributed by atoms with Crippen LogP contribution in [-0.4, -0.2) is 55.8 Å². The molecule has 3 unspecified atom stereocenters. The summed E-state index contributed by atoms with van der Waals surface area (Å²) < 4.78 is 7.77. The fourth-order valence-corrected chi connectivity index (χ4v) is 4.33. The SMILES string of the molecule is CC(C(=O)N1CC2(CCCO2)C1C1CC1)n1nnnc1C(C)(C)C. The number of hydrogen-bond acceptors (Lipinski definition) is 5. The molecule has 4 rings (SSSR count). The van der Waals surface area contributed by atoms with Gasteiger partial charge in [-0.3, -0.25) is 4.79 Å². The van der Waals surface area contributed by atoms with Gasteiger partial charge in [0.1, 0.15) is 11.6 Å². The lowest BCUT2D eigenvalue weighted by atomic mass is 9.77. The average molecular weight is 333 g/mol. The molecule has 1 aromatic heterocycles. The second-order valence-electron chi connectivity index (χ2n) is 8.64. The van der Waals surface area contributed by atoms with Gasteiger partial charge in [-0.05, 0) is 49.0 Å². The summed E-state index contributed by atoms with van der Waals surface area (Å²) in [7, 11) is 0. The molecule has 1 aromatic rings. The van der Waals surface area contributed by atoms with Crippen molar-refractivity contribution in [1.29, 1.82) is 0 Å². The molecule has 132 valence electrons. The molecule has 0 aromatic carbocycles. The van der Waals surface area contributed by atoms with Crippen molar-refractivity contribution in [2.45, 2.75) is 76.5 Å². The van der Waals surface area contributed by atoms with E-state index in [2.05, 4.69) is 36.3 Å². The van der Waals surface area contributed by atoms with Crippen LogP contribution in [0.4, 0.5) is 0 Å². The number of carbonyl (C=O) groups is 1. The first-order chi connectivity index (χ1) is 11.3. The molecule has 7 nitrogen and oxygen atoms in total. The average Bonchev–Trinajstić information content (AvgIpc) is 3.04. The summed E-state index contributed by atoms with van der Waals surface area (Å²) in [6.45, 7) is 9.64. The van der Waals surface area contributed by atoms with Crippen molar-refractivity contribution in [2.75, 3.05) is 13.2 Å². The number of aromatic nitrogens is 4. The number of likely N-dealkylation sites (tertiary alicyclic amines) is 1. The Morgan fingerprint density at radius 3 is 2.71 bits per heavy atom. The first-order valence-electron chi connectivity index (χ1n) is 9.06. The monoisotopic (exact) mass is 333 g/mol. The molecule has 3 fully saturated rings. The topological polar surface area (TPSA) is 73.1 Å². The Labute approximate surface area is 142 Å². The van der Waals surface area contributed by atoms with Crippen LogP contribution < -0.4 is 0 Å². The molecule has 0 N–H and O–H groups in total. The minimum atomic E-state index is -0.380. The summed E-state index contributed by atoms with van der Waals surface area (Å²) in [5.74, 6) is 1.48. The van der Waals surface area contributed by atoms with Crippen molar-refractivity contribution in [3.63, 3.8) is 0 Å². The first kappa shape index (κ1) is 16.0. The highest BCUT2D eigenvalue weighted by Crippen LogP contribution is 2.51. The normalized spacial score (nSPS) is 31.3. The third-order valence-corrected chi connectivity index (χ3v) is 5.69. The summed E-state index contributed by atoms with van der Waals surface area (Å²) in [4.78, 5) is 15.2. The van der Waals surface area contributed by atoms with Crippen LogP contribution in [0.15, 0.2) is 0 Å². The van der Waals surface area contributed by atoms with Crippen molar-refractivity contribution in [3.05, 3.63) is 5.82 Å². The maximum absolute atomic E-state index is 13.1. The van der Waals surface area contributed by atoms with Crippen LogP contribution in [0.25, 0.3) is 0 Å². The van der Waals surface area contributed by atoms with Crippen LogP contribution in [0.2, 0.25) is 0 Å². The second-order valence-corrected chi connectivity index (χ2v) is 8.64. The van der Waals surface area contributed by atoms with Crippen LogP contribution in [-0.2, 0) is 14.9 Å². The summed E-state index contributed by atoms with van der Waals surface area (Å²) >= 11 is 0. The smallest absolute Gasteiger partial charge is 0.247 e. The van der Waals surface area contributed by atoms with Gasteiger partial charge < -0.3 is 9.64 Å². The molecule has 0 radical (unpaired) electrons. The highest BCUT2D eigenvalue weighted by Gasteiger charge is 2.62. The van der Waals surface area contributed by atoms with Crippen LogP contribution >= 0.6 is 0 Å². The highest BCUT2D eigenvalue weighted by atomic mass is 16.5. The second kappa shape index (κ2) is 5.25. The Bertz CT molecular complexity index is 640. The zero-order valence-corrected chi connectivity index (χ0v) is 15.0. The molecule has 2 aliphatic heterocycles. The van der Waals surface area contributed by atoms with E-state index in [0.29, 0.717) is 5.92 Å². The molecule has 1 spiro atoms. The molecular formula is C17H27N5O2. The number of nitrogens with zero attached hydrogens (tertiary/aromatic N) is 5. The van der Waals surface area contributed by atoms with Gasteiger partial charge in [0.05, 0.1) is 12.6 Å². The van der Waals surface area contributed by atoms with Crippen LogP contribution in [0.5, 0.6) is 0 Å².